The molecule has 154 valence electrons. The summed E-state index contributed by atoms with van der Waals surface area (Å²) in [6.07, 6.45) is 0. The molecule has 2 heterocycles. The Labute approximate surface area is 179 Å². The summed E-state index contributed by atoms with van der Waals surface area (Å²) in [5.74, 6) is 0.499. The standard InChI is InChI=1S/C26H21NO4/c1-3-30-19-12-10-18(11-13-19)27-23(17-7-5-4-6-8-17)22-24(28)20-15-16(2)9-14-21(20)31-25(22)26(27)29/h4-15,23H,3H2,1-2H3. The number of nitrogens with zero attached hydrogens (tertiary/aromatic N) is 1. The maximum absolute atomic E-state index is 13.6. The molecule has 0 aliphatic carbocycles. The molecule has 3 aromatic carbocycles. The van der Waals surface area contributed by atoms with E-state index in [1.807, 2.05) is 80.6 Å². The zero-order chi connectivity index (χ0) is 21.5. The Bertz CT molecular complexity index is 1340. The van der Waals surface area contributed by atoms with Gasteiger partial charge in [0, 0.05) is 5.69 Å². The SMILES string of the molecule is CCOc1ccc(N2C(=O)c3oc4ccc(C)cc4c(=O)c3C2c2ccccc2)cc1. The Morgan fingerprint density at radius 1 is 0.968 bits per heavy atom. The monoisotopic (exact) mass is 411 g/mol. The van der Waals surface area contributed by atoms with Crippen molar-refractivity contribution in [1.29, 1.82) is 0 Å². The van der Waals surface area contributed by atoms with E-state index in [1.165, 1.54) is 0 Å². The van der Waals surface area contributed by atoms with E-state index in [0.717, 1.165) is 16.9 Å². The highest BCUT2D eigenvalue weighted by Gasteiger charge is 2.43. The van der Waals surface area contributed by atoms with E-state index in [-0.39, 0.29) is 17.1 Å². The second-order valence-corrected chi connectivity index (χ2v) is 7.59. The van der Waals surface area contributed by atoms with Gasteiger partial charge in [0.15, 0.2) is 5.43 Å². The van der Waals surface area contributed by atoms with Crippen molar-refractivity contribution in [2.24, 2.45) is 0 Å². The van der Waals surface area contributed by atoms with Gasteiger partial charge < -0.3 is 9.15 Å². The second kappa shape index (κ2) is 7.43. The Morgan fingerprint density at radius 3 is 2.42 bits per heavy atom. The minimum Gasteiger partial charge on any atom is -0.494 e. The zero-order valence-corrected chi connectivity index (χ0v) is 17.3. The van der Waals surface area contributed by atoms with Crippen molar-refractivity contribution < 1.29 is 13.9 Å². The molecule has 5 heteroatoms. The van der Waals surface area contributed by atoms with Crippen molar-refractivity contribution >= 4 is 22.6 Å². The molecule has 0 fully saturated rings. The molecule has 0 radical (unpaired) electrons. The van der Waals surface area contributed by atoms with Crippen LogP contribution < -0.4 is 15.1 Å². The van der Waals surface area contributed by atoms with Gasteiger partial charge in [-0.1, -0.05) is 42.0 Å². The fourth-order valence-electron chi connectivity index (χ4n) is 4.17. The highest BCUT2D eigenvalue weighted by atomic mass is 16.5. The van der Waals surface area contributed by atoms with Crippen LogP contribution in [-0.2, 0) is 0 Å². The molecule has 4 aromatic rings. The molecule has 1 atom stereocenters. The molecular formula is C26H21NO4. The van der Waals surface area contributed by atoms with Crippen LogP contribution >= 0.6 is 0 Å². The predicted octanol–water partition coefficient (Wildman–Crippen LogP) is 5.25. The lowest BCUT2D eigenvalue weighted by molar-refractivity contribution is 0.0971. The molecule has 0 spiro atoms. The van der Waals surface area contributed by atoms with Crippen LogP contribution in [0.1, 0.15) is 40.2 Å². The first-order valence-electron chi connectivity index (χ1n) is 10.3. The number of carbonyl (C=O) groups is 1. The summed E-state index contributed by atoms with van der Waals surface area (Å²) in [6, 6.07) is 21.7. The molecule has 0 N–H and O–H groups in total. The van der Waals surface area contributed by atoms with Crippen LogP contribution in [0.3, 0.4) is 0 Å². The van der Waals surface area contributed by atoms with Crippen molar-refractivity contribution in [2.45, 2.75) is 19.9 Å². The average Bonchev–Trinajstić information content (AvgIpc) is 3.08. The van der Waals surface area contributed by atoms with E-state index < -0.39 is 6.04 Å². The smallest absolute Gasteiger partial charge is 0.295 e. The number of rotatable bonds is 4. The van der Waals surface area contributed by atoms with Gasteiger partial charge in [-0.25, -0.2) is 0 Å². The zero-order valence-electron chi connectivity index (χ0n) is 17.3. The summed E-state index contributed by atoms with van der Waals surface area (Å²) in [5.41, 5.74) is 3.11. The Kier molecular flexibility index (Phi) is 4.59. The number of anilines is 1. The molecule has 1 aromatic heterocycles. The Hall–Kier alpha value is -3.86. The van der Waals surface area contributed by atoms with Crippen molar-refractivity contribution in [3.8, 4) is 5.75 Å². The molecule has 31 heavy (non-hydrogen) atoms. The second-order valence-electron chi connectivity index (χ2n) is 7.59. The molecular weight excluding hydrogens is 390 g/mol. The van der Waals surface area contributed by atoms with Gasteiger partial charge in [0.05, 0.1) is 23.6 Å². The normalized spacial score (nSPS) is 15.4. The molecule has 5 rings (SSSR count). The van der Waals surface area contributed by atoms with Crippen LogP contribution in [0.4, 0.5) is 5.69 Å². The van der Waals surface area contributed by atoms with Crippen LogP contribution in [0.25, 0.3) is 11.0 Å². The first-order chi connectivity index (χ1) is 15.1. The van der Waals surface area contributed by atoms with Crippen LogP contribution in [0.15, 0.2) is 82.0 Å². The van der Waals surface area contributed by atoms with Gasteiger partial charge >= 0.3 is 0 Å². The number of amides is 1. The summed E-state index contributed by atoms with van der Waals surface area (Å²) < 4.78 is 11.5. The summed E-state index contributed by atoms with van der Waals surface area (Å²) in [4.78, 5) is 28.7. The van der Waals surface area contributed by atoms with E-state index in [9.17, 15) is 9.59 Å². The highest BCUT2D eigenvalue weighted by Crippen LogP contribution is 2.41. The number of carbonyl (C=O) groups excluding carboxylic acids is 1. The highest BCUT2D eigenvalue weighted by molar-refractivity contribution is 6.10. The number of benzene rings is 3. The third-order valence-electron chi connectivity index (χ3n) is 5.57. The Morgan fingerprint density at radius 2 is 1.71 bits per heavy atom. The minimum atomic E-state index is -0.567. The van der Waals surface area contributed by atoms with Gasteiger partial charge in [0.1, 0.15) is 11.3 Å². The fourth-order valence-corrected chi connectivity index (χ4v) is 4.17. The third-order valence-corrected chi connectivity index (χ3v) is 5.57. The average molecular weight is 411 g/mol. The predicted molar refractivity (Wildman–Crippen MR) is 120 cm³/mol. The summed E-state index contributed by atoms with van der Waals surface area (Å²) in [7, 11) is 0. The first-order valence-corrected chi connectivity index (χ1v) is 10.3. The molecule has 1 aliphatic rings. The maximum atomic E-state index is 13.6. The number of fused-ring (bicyclic) bond motifs is 2. The third kappa shape index (κ3) is 3.10. The van der Waals surface area contributed by atoms with E-state index in [4.69, 9.17) is 9.15 Å². The van der Waals surface area contributed by atoms with Crippen LogP contribution in [-0.4, -0.2) is 12.5 Å². The first kappa shape index (κ1) is 19.1. The Balaban J connectivity index is 1.74. The number of hydrogen-bond donors (Lipinski definition) is 0. The van der Waals surface area contributed by atoms with E-state index >= 15 is 0 Å². The van der Waals surface area contributed by atoms with Gasteiger partial charge in [-0.3, -0.25) is 14.5 Å². The lowest BCUT2D eigenvalue weighted by Crippen LogP contribution is -2.29. The fraction of sp³-hybridized carbons (Fsp3) is 0.154. The van der Waals surface area contributed by atoms with Crippen molar-refractivity contribution in [3.63, 3.8) is 0 Å². The van der Waals surface area contributed by atoms with Gasteiger partial charge in [-0.15, -0.1) is 0 Å². The van der Waals surface area contributed by atoms with E-state index in [2.05, 4.69) is 0 Å². The molecule has 0 bridgehead atoms. The van der Waals surface area contributed by atoms with Crippen molar-refractivity contribution in [2.75, 3.05) is 11.5 Å². The molecule has 1 unspecified atom stereocenters. The molecule has 0 saturated heterocycles. The van der Waals surface area contributed by atoms with Gasteiger partial charge in [0.2, 0.25) is 5.76 Å². The van der Waals surface area contributed by atoms with E-state index in [0.29, 0.717) is 28.8 Å². The van der Waals surface area contributed by atoms with Gasteiger partial charge in [-0.2, -0.15) is 0 Å². The van der Waals surface area contributed by atoms with Crippen LogP contribution in [0, 0.1) is 6.92 Å². The summed E-state index contributed by atoms with van der Waals surface area (Å²) >= 11 is 0. The molecule has 1 aliphatic heterocycles. The van der Waals surface area contributed by atoms with Crippen molar-refractivity contribution in [3.05, 3.63) is 105 Å². The number of hydrogen-bond acceptors (Lipinski definition) is 4. The topological polar surface area (TPSA) is 59.8 Å². The molecule has 5 nitrogen and oxygen atoms in total. The lowest BCUT2D eigenvalue weighted by Gasteiger charge is -2.25. The largest absolute Gasteiger partial charge is 0.494 e. The van der Waals surface area contributed by atoms with E-state index in [1.54, 1.807) is 11.0 Å². The summed E-state index contributed by atoms with van der Waals surface area (Å²) in [5, 5.41) is 0.487. The lowest BCUT2D eigenvalue weighted by atomic mass is 9.98. The van der Waals surface area contributed by atoms with Crippen LogP contribution in [0.2, 0.25) is 0 Å². The maximum Gasteiger partial charge on any atom is 0.295 e. The summed E-state index contributed by atoms with van der Waals surface area (Å²) in [6.45, 7) is 4.41. The van der Waals surface area contributed by atoms with Gasteiger partial charge in [0.25, 0.3) is 5.91 Å². The minimum absolute atomic E-state index is 0.101. The number of aryl methyl sites for hydroxylation is 1. The van der Waals surface area contributed by atoms with Crippen LogP contribution in [0.5, 0.6) is 5.75 Å². The molecule has 1 amide bonds. The van der Waals surface area contributed by atoms with Crippen molar-refractivity contribution in [1.82, 2.24) is 0 Å². The molecule has 0 saturated carbocycles. The number of ether oxygens (including phenoxy) is 1. The van der Waals surface area contributed by atoms with Gasteiger partial charge in [-0.05, 0) is 55.8 Å². The quantitative estimate of drug-likeness (QED) is 0.460.